The fraction of sp³-hybridized carbons (Fsp3) is 0.556. The molecular formula is C18H24N2O2. The highest BCUT2D eigenvalue weighted by Gasteiger charge is 2.36. The first-order valence-corrected chi connectivity index (χ1v) is 8.25. The van der Waals surface area contributed by atoms with Crippen molar-refractivity contribution in [1.82, 2.24) is 10.2 Å². The summed E-state index contributed by atoms with van der Waals surface area (Å²) in [5, 5.41) is 3.18. The minimum absolute atomic E-state index is 0.00745. The van der Waals surface area contributed by atoms with Crippen LogP contribution in [0.15, 0.2) is 24.3 Å². The number of fused-ring (bicyclic) bond motifs is 1. The third kappa shape index (κ3) is 2.74. The summed E-state index contributed by atoms with van der Waals surface area (Å²) in [4.78, 5) is 26.5. The maximum absolute atomic E-state index is 12.8. The highest BCUT2D eigenvalue weighted by molar-refractivity contribution is 5.89. The third-order valence-corrected chi connectivity index (χ3v) is 4.80. The Morgan fingerprint density at radius 3 is 2.73 bits per heavy atom. The smallest absolute Gasteiger partial charge is 0.243 e. The van der Waals surface area contributed by atoms with Crippen molar-refractivity contribution in [3.63, 3.8) is 0 Å². The van der Waals surface area contributed by atoms with Crippen molar-refractivity contribution < 1.29 is 9.59 Å². The molecule has 1 aliphatic heterocycles. The zero-order valence-corrected chi connectivity index (χ0v) is 13.3. The monoisotopic (exact) mass is 300 g/mol. The first kappa shape index (κ1) is 15.1. The standard InChI is InChI=1S/C18H24N2O2/c1-12(2)17(20-11-5-8-16(20)21)18(22)19-15-10-9-13-6-3-4-7-14(13)15/h3-4,6-7,12,15,17H,5,8-11H2,1-2H3,(H,19,22). The van der Waals surface area contributed by atoms with Gasteiger partial charge in [0.05, 0.1) is 6.04 Å². The van der Waals surface area contributed by atoms with Crippen molar-refractivity contribution in [2.75, 3.05) is 6.54 Å². The van der Waals surface area contributed by atoms with Gasteiger partial charge in [0.25, 0.3) is 0 Å². The van der Waals surface area contributed by atoms with E-state index in [0.717, 1.165) is 19.3 Å². The van der Waals surface area contributed by atoms with Crippen molar-refractivity contribution in [2.45, 2.75) is 51.6 Å². The van der Waals surface area contributed by atoms with Crippen LogP contribution in [0.4, 0.5) is 0 Å². The van der Waals surface area contributed by atoms with Crippen LogP contribution in [0.5, 0.6) is 0 Å². The second kappa shape index (κ2) is 6.11. The van der Waals surface area contributed by atoms with E-state index < -0.39 is 0 Å². The number of amides is 2. The predicted octanol–water partition coefficient (Wildman–Crippen LogP) is 2.44. The normalized spacial score (nSPS) is 22.0. The number of rotatable bonds is 4. The van der Waals surface area contributed by atoms with E-state index in [2.05, 4.69) is 17.4 Å². The molecule has 2 unspecified atom stereocenters. The van der Waals surface area contributed by atoms with Crippen LogP contribution >= 0.6 is 0 Å². The van der Waals surface area contributed by atoms with Crippen LogP contribution in [-0.4, -0.2) is 29.3 Å². The van der Waals surface area contributed by atoms with E-state index >= 15 is 0 Å². The molecule has 3 rings (SSSR count). The van der Waals surface area contributed by atoms with Gasteiger partial charge in [-0.25, -0.2) is 0 Å². The molecule has 1 fully saturated rings. The number of aryl methyl sites for hydroxylation is 1. The molecule has 1 N–H and O–H groups in total. The topological polar surface area (TPSA) is 49.4 Å². The Hall–Kier alpha value is -1.84. The van der Waals surface area contributed by atoms with E-state index in [1.165, 1.54) is 11.1 Å². The molecule has 1 heterocycles. The average molecular weight is 300 g/mol. The molecule has 118 valence electrons. The molecule has 0 aromatic heterocycles. The zero-order chi connectivity index (χ0) is 15.7. The van der Waals surface area contributed by atoms with Crippen LogP contribution in [0.25, 0.3) is 0 Å². The Balaban J connectivity index is 1.74. The van der Waals surface area contributed by atoms with Gasteiger partial charge in [-0.1, -0.05) is 38.1 Å². The lowest BCUT2D eigenvalue weighted by atomic mass is 10.0. The Labute approximate surface area is 131 Å². The molecule has 0 radical (unpaired) electrons. The van der Waals surface area contributed by atoms with Crippen molar-refractivity contribution >= 4 is 11.8 Å². The van der Waals surface area contributed by atoms with E-state index in [4.69, 9.17) is 0 Å². The average Bonchev–Trinajstić information content (AvgIpc) is 3.07. The summed E-state index contributed by atoms with van der Waals surface area (Å²) in [6, 6.07) is 8.03. The van der Waals surface area contributed by atoms with E-state index in [-0.39, 0.29) is 29.8 Å². The number of likely N-dealkylation sites (tertiary alicyclic amines) is 1. The molecule has 22 heavy (non-hydrogen) atoms. The largest absolute Gasteiger partial charge is 0.347 e. The number of carbonyl (C=O) groups excluding carboxylic acids is 2. The lowest BCUT2D eigenvalue weighted by Crippen LogP contribution is -2.50. The van der Waals surface area contributed by atoms with E-state index in [1.54, 1.807) is 4.90 Å². The summed E-state index contributed by atoms with van der Waals surface area (Å²) in [6.45, 7) is 4.73. The van der Waals surface area contributed by atoms with Gasteiger partial charge in [0.1, 0.15) is 6.04 Å². The van der Waals surface area contributed by atoms with Gasteiger partial charge in [-0.15, -0.1) is 0 Å². The van der Waals surface area contributed by atoms with Gasteiger partial charge in [-0.05, 0) is 36.3 Å². The molecule has 4 nitrogen and oxygen atoms in total. The number of carbonyl (C=O) groups is 2. The Morgan fingerprint density at radius 2 is 2.05 bits per heavy atom. The van der Waals surface area contributed by atoms with Crippen LogP contribution < -0.4 is 5.32 Å². The van der Waals surface area contributed by atoms with Crippen molar-refractivity contribution in [1.29, 1.82) is 0 Å². The van der Waals surface area contributed by atoms with Crippen LogP contribution in [0, 0.1) is 5.92 Å². The SMILES string of the molecule is CC(C)C(C(=O)NC1CCc2ccccc21)N1CCCC1=O. The Morgan fingerprint density at radius 1 is 1.27 bits per heavy atom. The molecule has 1 aliphatic carbocycles. The highest BCUT2D eigenvalue weighted by atomic mass is 16.2. The fourth-order valence-electron chi connectivity index (χ4n) is 3.73. The number of nitrogens with one attached hydrogen (secondary N) is 1. The van der Waals surface area contributed by atoms with Crippen LogP contribution in [0.1, 0.15) is 50.3 Å². The number of hydrogen-bond donors (Lipinski definition) is 1. The molecule has 2 amide bonds. The van der Waals surface area contributed by atoms with E-state index in [9.17, 15) is 9.59 Å². The Kier molecular flexibility index (Phi) is 4.19. The van der Waals surface area contributed by atoms with Gasteiger partial charge >= 0.3 is 0 Å². The summed E-state index contributed by atoms with van der Waals surface area (Å²) in [5.41, 5.74) is 2.55. The number of nitrogens with zero attached hydrogens (tertiary/aromatic N) is 1. The molecule has 0 bridgehead atoms. The quantitative estimate of drug-likeness (QED) is 0.928. The molecule has 1 aromatic rings. The highest BCUT2D eigenvalue weighted by Crippen LogP contribution is 2.31. The van der Waals surface area contributed by atoms with Gasteiger partial charge in [0.15, 0.2) is 0 Å². The van der Waals surface area contributed by atoms with Gasteiger partial charge in [-0.3, -0.25) is 9.59 Å². The lowest BCUT2D eigenvalue weighted by Gasteiger charge is -2.31. The summed E-state index contributed by atoms with van der Waals surface area (Å²) in [5.74, 6) is 0.228. The molecule has 0 saturated carbocycles. The zero-order valence-electron chi connectivity index (χ0n) is 13.3. The number of benzene rings is 1. The van der Waals surface area contributed by atoms with Crippen LogP contribution in [-0.2, 0) is 16.0 Å². The maximum Gasteiger partial charge on any atom is 0.243 e. The molecule has 2 atom stereocenters. The molecule has 0 spiro atoms. The summed E-state index contributed by atoms with van der Waals surface area (Å²) in [7, 11) is 0. The molecule has 1 saturated heterocycles. The van der Waals surface area contributed by atoms with Crippen molar-refractivity contribution in [2.24, 2.45) is 5.92 Å². The van der Waals surface area contributed by atoms with Gasteiger partial charge in [-0.2, -0.15) is 0 Å². The van der Waals surface area contributed by atoms with Gasteiger partial charge in [0.2, 0.25) is 11.8 Å². The minimum Gasteiger partial charge on any atom is -0.347 e. The van der Waals surface area contributed by atoms with E-state index in [0.29, 0.717) is 13.0 Å². The second-order valence-corrected chi connectivity index (χ2v) is 6.68. The molecule has 2 aliphatic rings. The van der Waals surface area contributed by atoms with Gasteiger partial charge in [0, 0.05) is 13.0 Å². The first-order valence-electron chi connectivity index (χ1n) is 8.25. The summed E-state index contributed by atoms with van der Waals surface area (Å²) < 4.78 is 0. The molecule has 4 heteroatoms. The minimum atomic E-state index is -0.345. The third-order valence-electron chi connectivity index (χ3n) is 4.80. The second-order valence-electron chi connectivity index (χ2n) is 6.68. The number of hydrogen-bond acceptors (Lipinski definition) is 2. The lowest BCUT2D eigenvalue weighted by molar-refractivity contribution is -0.139. The Bertz CT molecular complexity index is 582. The molecule has 1 aromatic carbocycles. The molecular weight excluding hydrogens is 276 g/mol. The van der Waals surface area contributed by atoms with Crippen LogP contribution in [0.2, 0.25) is 0 Å². The van der Waals surface area contributed by atoms with Crippen LogP contribution in [0.3, 0.4) is 0 Å². The maximum atomic E-state index is 12.8. The van der Waals surface area contributed by atoms with E-state index in [1.807, 2.05) is 26.0 Å². The van der Waals surface area contributed by atoms with Crippen molar-refractivity contribution in [3.05, 3.63) is 35.4 Å². The van der Waals surface area contributed by atoms with Crippen molar-refractivity contribution in [3.8, 4) is 0 Å². The summed E-state index contributed by atoms with van der Waals surface area (Å²) >= 11 is 0. The first-order chi connectivity index (χ1) is 10.6. The predicted molar refractivity (Wildman–Crippen MR) is 85.2 cm³/mol. The van der Waals surface area contributed by atoms with Gasteiger partial charge < -0.3 is 10.2 Å². The summed E-state index contributed by atoms with van der Waals surface area (Å²) in [6.07, 6.45) is 3.39. The fourth-order valence-corrected chi connectivity index (χ4v) is 3.73.